The standard InChI is InChI=1S/C18H22N6O3/c1-12(2)27-18(25)21-17-23-22-16-15(20-10-11-24(16)17)19-9-8-13-4-6-14(26-3)7-5-13/h4-7,10-12H,8-9H2,1-3H3,(H,19,20)(H,21,23,25). The molecule has 1 aromatic carbocycles. The van der Waals surface area contributed by atoms with E-state index in [4.69, 9.17) is 9.47 Å². The first kappa shape index (κ1) is 18.4. The summed E-state index contributed by atoms with van der Waals surface area (Å²) in [6, 6.07) is 7.91. The highest BCUT2D eigenvalue weighted by Gasteiger charge is 2.14. The van der Waals surface area contributed by atoms with Crippen LogP contribution in [0.25, 0.3) is 5.65 Å². The Bertz CT molecular complexity index is 907. The minimum absolute atomic E-state index is 0.221. The van der Waals surface area contributed by atoms with E-state index in [9.17, 15) is 4.79 Å². The normalized spacial score (nSPS) is 10.8. The Balaban J connectivity index is 1.65. The highest BCUT2D eigenvalue weighted by atomic mass is 16.6. The van der Waals surface area contributed by atoms with E-state index in [1.54, 1.807) is 37.8 Å². The molecule has 0 atom stereocenters. The van der Waals surface area contributed by atoms with Crippen LogP contribution in [0.3, 0.4) is 0 Å². The Morgan fingerprint density at radius 3 is 2.70 bits per heavy atom. The van der Waals surface area contributed by atoms with Crippen LogP contribution in [0.15, 0.2) is 36.7 Å². The predicted octanol–water partition coefficient (Wildman–Crippen LogP) is 2.74. The van der Waals surface area contributed by atoms with Crippen molar-refractivity contribution in [3.05, 3.63) is 42.2 Å². The smallest absolute Gasteiger partial charge is 0.414 e. The summed E-state index contributed by atoms with van der Waals surface area (Å²) in [7, 11) is 1.65. The second kappa shape index (κ2) is 8.35. The number of amides is 1. The third-order valence-electron chi connectivity index (χ3n) is 3.75. The lowest BCUT2D eigenvalue weighted by molar-refractivity contribution is 0.129. The monoisotopic (exact) mass is 370 g/mol. The SMILES string of the molecule is COc1ccc(CCNc2nccn3c(NC(=O)OC(C)C)nnc23)cc1. The summed E-state index contributed by atoms with van der Waals surface area (Å²) in [6.07, 6.45) is 3.30. The summed E-state index contributed by atoms with van der Waals surface area (Å²) in [5.41, 5.74) is 1.70. The van der Waals surface area contributed by atoms with Gasteiger partial charge in [0.25, 0.3) is 0 Å². The predicted molar refractivity (Wildman–Crippen MR) is 101 cm³/mol. The highest BCUT2D eigenvalue weighted by Crippen LogP contribution is 2.16. The summed E-state index contributed by atoms with van der Waals surface area (Å²) < 4.78 is 11.9. The van der Waals surface area contributed by atoms with Crippen LogP contribution in [-0.4, -0.2) is 45.4 Å². The highest BCUT2D eigenvalue weighted by molar-refractivity contribution is 5.83. The molecule has 2 N–H and O–H groups in total. The molecule has 0 aliphatic heterocycles. The first-order valence-electron chi connectivity index (χ1n) is 8.61. The van der Waals surface area contributed by atoms with Crippen molar-refractivity contribution < 1.29 is 14.3 Å². The van der Waals surface area contributed by atoms with Crippen molar-refractivity contribution in [1.29, 1.82) is 0 Å². The van der Waals surface area contributed by atoms with Gasteiger partial charge in [-0.05, 0) is 38.0 Å². The molecule has 3 aromatic rings. The van der Waals surface area contributed by atoms with Gasteiger partial charge >= 0.3 is 6.09 Å². The molecule has 0 radical (unpaired) electrons. The maximum absolute atomic E-state index is 11.8. The molecular formula is C18H22N6O3. The van der Waals surface area contributed by atoms with Gasteiger partial charge in [-0.15, -0.1) is 10.2 Å². The second-order valence-electron chi connectivity index (χ2n) is 6.10. The van der Waals surface area contributed by atoms with E-state index >= 15 is 0 Å². The van der Waals surface area contributed by atoms with Gasteiger partial charge in [-0.2, -0.15) is 0 Å². The first-order valence-corrected chi connectivity index (χ1v) is 8.61. The number of carbonyl (C=O) groups is 1. The van der Waals surface area contributed by atoms with Gasteiger partial charge in [0, 0.05) is 18.9 Å². The minimum atomic E-state index is -0.579. The van der Waals surface area contributed by atoms with Crippen LogP contribution in [0, 0.1) is 0 Å². The van der Waals surface area contributed by atoms with E-state index in [1.807, 2.05) is 24.3 Å². The Labute approximate surface area is 156 Å². The number of rotatable bonds is 7. The molecular weight excluding hydrogens is 348 g/mol. The van der Waals surface area contributed by atoms with E-state index in [2.05, 4.69) is 25.8 Å². The number of methoxy groups -OCH3 is 1. The minimum Gasteiger partial charge on any atom is -0.497 e. The van der Waals surface area contributed by atoms with E-state index in [0.29, 0.717) is 18.0 Å². The average Bonchev–Trinajstić information content (AvgIpc) is 3.05. The van der Waals surface area contributed by atoms with Crippen molar-refractivity contribution in [3.63, 3.8) is 0 Å². The number of hydrogen-bond acceptors (Lipinski definition) is 7. The Hall–Kier alpha value is -3.36. The number of carbonyl (C=O) groups excluding carboxylic acids is 1. The van der Waals surface area contributed by atoms with Gasteiger partial charge in [0.05, 0.1) is 13.2 Å². The Morgan fingerprint density at radius 1 is 1.22 bits per heavy atom. The number of aromatic nitrogens is 4. The third-order valence-corrected chi connectivity index (χ3v) is 3.75. The molecule has 2 aromatic heterocycles. The second-order valence-corrected chi connectivity index (χ2v) is 6.10. The fourth-order valence-corrected chi connectivity index (χ4v) is 2.49. The summed E-state index contributed by atoms with van der Waals surface area (Å²) in [5, 5.41) is 13.9. The van der Waals surface area contributed by atoms with E-state index in [1.165, 1.54) is 5.56 Å². The van der Waals surface area contributed by atoms with Crippen LogP contribution in [0.5, 0.6) is 5.75 Å². The van der Waals surface area contributed by atoms with Crippen LogP contribution in [0.4, 0.5) is 16.6 Å². The van der Waals surface area contributed by atoms with Gasteiger partial charge < -0.3 is 14.8 Å². The van der Waals surface area contributed by atoms with Crippen molar-refractivity contribution in [3.8, 4) is 5.75 Å². The third kappa shape index (κ3) is 4.63. The molecule has 142 valence electrons. The topological polar surface area (TPSA) is 103 Å². The first-order chi connectivity index (χ1) is 13.1. The summed E-state index contributed by atoms with van der Waals surface area (Å²) in [6.45, 7) is 4.22. The summed E-state index contributed by atoms with van der Waals surface area (Å²) in [4.78, 5) is 16.1. The number of anilines is 2. The maximum Gasteiger partial charge on any atom is 0.414 e. The molecule has 0 aliphatic carbocycles. The van der Waals surface area contributed by atoms with Crippen LogP contribution in [0.1, 0.15) is 19.4 Å². The number of hydrogen-bond donors (Lipinski definition) is 2. The van der Waals surface area contributed by atoms with E-state index in [-0.39, 0.29) is 12.1 Å². The number of fused-ring (bicyclic) bond motifs is 1. The Kier molecular flexibility index (Phi) is 5.70. The molecule has 0 fully saturated rings. The molecule has 27 heavy (non-hydrogen) atoms. The van der Waals surface area contributed by atoms with E-state index < -0.39 is 6.09 Å². The van der Waals surface area contributed by atoms with Crippen molar-refractivity contribution in [1.82, 2.24) is 19.6 Å². The molecule has 0 aliphatic rings. The van der Waals surface area contributed by atoms with Crippen molar-refractivity contribution >= 4 is 23.5 Å². The Morgan fingerprint density at radius 2 is 2.00 bits per heavy atom. The molecule has 3 rings (SSSR count). The fourth-order valence-electron chi connectivity index (χ4n) is 2.49. The van der Waals surface area contributed by atoms with Crippen LogP contribution < -0.4 is 15.4 Å². The lowest BCUT2D eigenvalue weighted by Gasteiger charge is -2.09. The quantitative estimate of drug-likeness (QED) is 0.659. The number of benzene rings is 1. The molecule has 1 amide bonds. The zero-order chi connectivity index (χ0) is 19.2. The molecule has 9 nitrogen and oxygen atoms in total. The van der Waals surface area contributed by atoms with Crippen LogP contribution in [-0.2, 0) is 11.2 Å². The summed E-state index contributed by atoms with van der Waals surface area (Å²) >= 11 is 0. The van der Waals surface area contributed by atoms with Crippen molar-refractivity contribution in [2.24, 2.45) is 0 Å². The molecule has 0 spiro atoms. The van der Waals surface area contributed by atoms with Gasteiger partial charge in [-0.25, -0.2) is 9.78 Å². The molecule has 0 bridgehead atoms. The van der Waals surface area contributed by atoms with Crippen LogP contribution in [0.2, 0.25) is 0 Å². The van der Waals surface area contributed by atoms with Crippen molar-refractivity contribution in [2.45, 2.75) is 26.4 Å². The maximum atomic E-state index is 11.8. The summed E-state index contributed by atoms with van der Waals surface area (Å²) in [5.74, 6) is 1.69. The van der Waals surface area contributed by atoms with E-state index in [0.717, 1.165) is 12.2 Å². The van der Waals surface area contributed by atoms with Gasteiger partial charge in [-0.1, -0.05) is 12.1 Å². The van der Waals surface area contributed by atoms with Crippen LogP contribution >= 0.6 is 0 Å². The zero-order valence-electron chi connectivity index (χ0n) is 15.5. The fraction of sp³-hybridized carbons (Fsp3) is 0.333. The van der Waals surface area contributed by atoms with Gasteiger partial charge in [-0.3, -0.25) is 9.72 Å². The number of ether oxygens (including phenoxy) is 2. The molecule has 0 saturated carbocycles. The largest absolute Gasteiger partial charge is 0.497 e. The lowest BCUT2D eigenvalue weighted by Crippen LogP contribution is -2.19. The number of nitrogens with one attached hydrogen (secondary N) is 2. The molecule has 0 saturated heterocycles. The van der Waals surface area contributed by atoms with Gasteiger partial charge in [0.15, 0.2) is 5.82 Å². The lowest BCUT2D eigenvalue weighted by atomic mass is 10.1. The average molecular weight is 370 g/mol. The molecule has 9 heteroatoms. The zero-order valence-corrected chi connectivity index (χ0v) is 15.5. The van der Waals surface area contributed by atoms with Gasteiger partial charge in [0.2, 0.25) is 11.6 Å². The number of nitrogens with zero attached hydrogens (tertiary/aromatic N) is 4. The molecule has 0 unspecified atom stereocenters. The molecule has 2 heterocycles. The van der Waals surface area contributed by atoms with Gasteiger partial charge in [0.1, 0.15) is 5.75 Å². The van der Waals surface area contributed by atoms with Crippen molar-refractivity contribution in [2.75, 3.05) is 24.3 Å².